The summed E-state index contributed by atoms with van der Waals surface area (Å²) in [6.07, 6.45) is 1.93. The van der Waals surface area contributed by atoms with Crippen LogP contribution in [0, 0.1) is 11.3 Å². The minimum absolute atomic E-state index is 0.00143. The summed E-state index contributed by atoms with van der Waals surface area (Å²) >= 11 is 0. The first kappa shape index (κ1) is 16.4. The molecule has 3 N–H and O–H groups in total. The van der Waals surface area contributed by atoms with Crippen molar-refractivity contribution in [2.24, 2.45) is 0 Å². The van der Waals surface area contributed by atoms with Gasteiger partial charge in [0.05, 0.1) is 18.2 Å². The molecule has 1 atom stereocenters. The fraction of sp³-hybridized carbons (Fsp3) is 0.500. The van der Waals surface area contributed by atoms with Crippen LogP contribution in [0.2, 0.25) is 0 Å². The van der Waals surface area contributed by atoms with E-state index in [0.717, 1.165) is 43.6 Å². The number of benzene rings is 1. The molecular formula is C16H22N4O2. The van der Waals surface area contributed by atoms with Crippen molar-refractivity contribution in [3.05, 3.63) is 34.9 Å². The zero-order valence-corrected chi connectivity index (χ0v) is 12.8. The van der Waals surface area contributed by atoms with Crippen molar-refractivity contribution in [1.82, 2.24) is 15.7 Å². The normalized spacial score (nSPS) is 16.2. The average Bonchev–Trinajstić information content (AvgIpc) is 2.68. The Morgan fingerprint density at radius 2 is 2.36 bits per heavy atom. The van der Waals surface area contributed by atoms with E-state index in [0.29, 0.717) is 0 Å². The molecular weight excluding hydrogens is 280 g/mol. The summed E-state index contributed by atoms with van der Waals surface area (Å²) in [6.45, 7) is 4.33. The molecule has 0 aliphatic carbocycles. The van der Waals surface area contributed by atoms with E-state index in [1.165, 1.54) is 5.56 Å². The van der Waals surface area contributed by atoms with Crippen LogP contribution in [0.15, 0.2) is 18.2 Å². The van der Waals surface area contributed by atoms with Gasteiger partial charge in [-0.25, -0.2) is 0 Å². The summed E-state index contributed by atoms with van der Waals surface area (Å²) in [5, 5.41) is 20.6. The van der Waals surface area contributed by atoms with Crippen molar-refractivity contribution in [1.29, 1.82) is 5.26 Å². The van der Waals surface area contributed by atoms with Gasteiger partial charge < -0.3 is 10.5 Å². The molecule has 0 spiro atoms. The minimum atomic E-state index is -0.225. The van der Waals surface area contributed by atoms with Gasteiger partial charge in [0.1, 0.15) is 0 Å². The predicted molar refractivity (Wildman–Crippen MR) is 82.1 cm³/mol. The minimum Gasteiger partial charge on any atom is -0.351 e. The number of rotatable bonds is 5. The van der Waals surface area contributed by atoms with Gasteiger partial charge in [0.15, 0.2) is 0 Å². The lowest BCUT2D eigenvalue weighted by Crippen LogP contribution is -2.44. The molecule has 2 rings (SSSR count). The fourth-order valence-corrected chi connectivity index (χ4v) is 2.97. The maximum Gasteiger partial charge on any atom is 0.236 e. The highest BCUT2D eigenvalue weighted by Crippen LogP contribution is 2.22. The molecule has 0 radical (unpaired) electrons. The second-order valence-electron chi connectivity index (χ2n) is 5.70. The Morgan fingerprint density at radius 1 is 1.55 bits per heavy atom. The van der Waals surface area contributed by atoms with Crippen LogP contribution in [0.3, 0.4) is 0 Å². The SMILES string of the molecule is C[C@@H](CN1CCCc2c(C#N)cccc2C1)NC(=O)CNO. The largest absolute Gasteiger partial charge is 0.351 e. The van der Waals surface area contributed by atoms with Crippen molar-refractivity contribution in [3.63, 3.8) is 0 Å². The second-order valence-corrected chi connectivity index (χ2v) is 5.70. The Balaban J connectivity index is 1.99. The number of carbonyl (C=O) groups excluding carboxylic acids is 1. The molecule has 6 nitrogen and oxygen atoms in total. The number of nitrogens with zero attached hydrogens (tertiary/aromatic N) is 2. The molecule has 118 valence electrons. The van der Waals surface area contributed by atoms with E-state index in [9.17, 15) is 10.1 Å². The fourth-order valence-electron chi connectivity index (χ4n) is 2.97. The predicted octanol–water partition coefficient (Wildman–Crippen LogP) is 0.790. The third-order valence-electron chi connectivity index (χ3n) is 3.87. The van der Waals surface area contributed by atoms with Gasteiger partial charge in [-0.2, -0.15) is 10.7 Å². The number of amides is 1. The Morgan fingerprint density at radius 3 is 3.09 bits per heavy atom. The summed E-state index contributed by atoms with van der Waals surface area (Å²) in [6, 6.07) is 8.15. The van der Waals surface area contributed by atoms with E-state index in [2.05, 4.69) is 22.4 Å². The first-order valence-corrected chi connectivity index (χ1v) is 7.53. The van der Waals surface area contributed by atoms with Crippen LogP contribution in [0.25, 0.3) is 0 Å². The third kappa shape index (κ3) is 4.28. The number of hydrogen-bond donors (Lipinski definition) is 3. The molecule has 0 unspecified atom stereocenters. The van der Waals surface area contributed by atoms with E-state index in [1.807, 2.05) is 24.5 Å². The lowest BCUT2D eigenvalue weighted by atomic mass is 9.99. The first-order chi connectivity index (χ1) is 10.6. The van der Waals surface area contributed by atoms with Crippen LogP contribution in [-0.2, 0) is 17.8 Å². The lowest BCUT2D eigenvalue weighted by molar-refractivity contribution is -0.122. The molecule has 0 saturated carbocycles. The number of hydroxylamine groups is 1. The molecule has 22 heavy (non-hydrogen) atoms. The molecule has 6 heteroatoms. The van der Waals surface area contributed by atoms with Crippen LogP contribution >= 0.6 is 0 Å². The van der Waals surface area contributed by atoms with Crippen molar-refractivity contribution >= 4 is 5.91 Å². The van der Waals surface area contributed by atoms with Gasteiger partial charge in [-0.15, -0.1) is 0 Å². The molecule has 1 aliphatic rings. The quantitative estimate of drug-likeness (QED) is 0.700. The standard InChI is InChI=1S/C16H22N4O2/c1-12(19-16(21)9-18-22)10-20-7-3-6-15-13(8-17)4-2-5-14(15)11-20/h2,4-5,12,18,22H,3,6-7,9-11H2,1H3,(H,19,21)/t12-/m0/s1. The third-order valence-corrected chi connectivity index (χ3v) is 3.87. The smallest absolute Gasteiger partial charge is 0.236 e. The molecule has 1 aromatic carbocycles. The van der Waals surface area contributed by atoms with E-state index >= 15 is 0 Å². The summed E-state index contributed by atoms with van der Waals surface area (Å²) < 4.78 is 0. The summed E-state index contributed by atoms with van der Waals surface area (Å²) in [5.74, 6) is -0.225. The van der Waals surface area contributed by atoms with Gasteiger partial charge in [-0.3, -0.25) is 9.69 Å². The summed E-state index contributed by atoms with van der Waals surface area (Å²) in [5.41, 5.74) is 4.99. The Hall–Kier alpha value is -1.94. The average molecular weight is 302 g/mol. The molecule has 0 aromatic heterocycles. The maximum absolute atomic E-state index is 11.5. The molecule has 1 heterocycles. The number of nitrogens with one attached hydrogen (secondary N) is 2. The lowest BCUT2D eigenvalue weighted by Gasteiger charge is -2.25. The van der Waals surface area contributed by atoms with E-state index in [1.54, 1.807) is 0 Å². The summed E-state index contributed by atoms with van der Waals surface area (Å²) in [7, 11) is 0. The van der Waals surface area contributed by atoms with Crippen LogP contribution in [0.5, 0.6) is 0 Å². The molecule has 0 saturated heterocycles. The highest BCUT2D eigenvalue weighted by atomic mass is 16.5. The second kappa shape index (κ2) is 7.90. The zero-order valence-electron chi connectivity index (χ0n) is 12.8. The Labute approximate surface area is 130 Å². The number of fused-ring (bicyclic) bond motifs is 1. The topological polar surface area (TPSA) is 88.4 Å². The number of carbonyl (C=O) groups is 1. The van der Waals surface area contributed by atoms with Gasteiger partial charge in [0, 0.05) is 19.1 Å². The van der Waals surface area contributed by atoms with Crippen molar-refractivity contribution in [2.45, 2.75) is 32.4 Å². The van der Waals surface area contributed by atoms with Gasteiger partial charge in [0.2, 0.25) is 5.91 Å². The van der Waals surface area contributed by atoms with Gasteiger partial charge in [0.25, 0.3) is 0 Å². The van der Waals surface area contributed by atoms with Crippen molar-refractivity contribution in [3.8, 4) is 6.07 Å². The van der Waals surface area contributed by atoms with Crippen LogP contribution < -0.4 is 10.8 Å². The maximum atomic E-state index is 11.5. The van der Waals surface area contributed by atoms with Gasteiger partial charge in [-0.05, 0) is 43.5 Å². The van der Waals surface area contributed by atoms with Gasteiger partial charge in [-0.1, -0.05) is 12.1 Å². The van der Waals surface area contributed by atoms with Crippen molar-refractivity contribution in [2.75, 3.05) is 19.6 Å². The molecule has 0 bridgehead atoms. The molecule has 1 aromatic rings. The van der Waals surface area contributed by atoms with Crippen LogP contribution in [-0.4, -0.2) is 41.7 Å². The molecule has 0 fully saturated rings. The summed E-state index contributed by atoms with van der Waals surface area (Å²) in [4.78, 5) is 13.8. The van der Waals surface area contributed by atoms with Crippen LogP contribution in [0.4, 0.5) is 0 Å². The van der Waals surface area contributed by atoms with E-state index in [-0.39, 0.29) is 18.5 Å². The highest BCUT2D eigenvalue weighted by Gasteiger charge is 2.18. The Bertz CT molecular complexity index is 568. The molecule has 1 aliphatic heterocycles. The number of hydrogen-bond acceptors (Lipinski definition) is 5. The van der Waals surface area contributed by atoms with Crippen molar-refractivity contribution < 1.29 is 10.0 Å². The molecule has 1 amide bonds. The van der Waals surface area contributed by atoms with E-state index < -0.39 is 0 Å². The first-order valence-electron chi connectivity index (χ1n) is 7.53. The monoisotopic (exact) mass is 302 g/mol. The van der Waals surface area contributed by atoms with E-state index in [4.69, 9.17) is 5.21 Å². The highest BCUT2D eigenvalue weighted by molar-refractivity contribution is 5.78. The number of nitriles is 1. The zero-order chi connectivity index (χ0) is 15.9. The van der Waals surface area contributed by atoms with Crippen LogP contribution in [0.1, 0.15) is 30.0 Å². The Kier molecular flexibility index (Phi) is 5.90. The van der Waals surface area contributed by atoms with Gasteiger partial charge >= 0.3 is 0 Å².